The minimum atomic E-state index is -1.58. The summed E-state index contributed by atoms with van der Waals surface area (Å²) in [5.74, 6) is 2.15. The molecule has 0 atom stereocenters. The Kier molecular flexibility index (Phi) is 6.44. The van der Waals surface area contributed by atoms with E-state index in [0.717, 1.165) is 40.5 Å². The third kappa shape index (κ3) is 4.08. The van der Waals surface area contributed by atoms with Crippen LogP contribution < -0.4 is 19.7 Å². The van der Waals surface area contributed by atoms with E-state index in [4.69, 9.17) is 14.2 Å². The Morgan fingerprint density at radius 1 is 0.857 bits per heavy atom. The van der Waals surface area contributed by atoms with Crippen LogP contribution in [0.15, 0.2) is 48.5 Å². The van der Waals surface area contributed by atoms with Crippen molar-refractivity contribution in [1.82, 2.24) is 0 Å². The number of methoxy groups -OCH3 is 2. The topological polar surface area (TPSA) is 68.2 Å². The van der Waals surface area contributed by atoms with Crippen LogP contribution in [0.5, 0.6) is 17.2 Å². The molecule has 3 aromatic carbocycles. The Balaban J connectivity index is 2.18. The highest BCUT2D eigenvalue weighted by molar-refractivity contribution is 6.62. The summed E-state index contributed by atoms with van der Waals surface area (Å²) in [5, 5.41) is 21.2. The van der Waals surface area contributed by atoms with Gasteiger partial charge in [-0.05, 0) is 53.2 Å². The van der Waals surface area contributed by atoms with E-state index in [-0.39, 0.29) is 0 Å². The molecule has 5 nitrogen and oxygen atoms in total. The minimum absolute atomic E-state index is 0.426. The molecule has 0 radical (unpaired) electrons. The van der Waals surface area contributed by atoms with Gasteiger partial charge in [0.2, 0.25) is 0 Å². The monoisotopic (exact) mass is 380 g/mol. The van der Waals surface area contributed by atoms with Gasteiger partial charge in [-0.25, -0.2) is 0 Å². The fourth-order valence-corrected chi connectivity index (χ4v) is 3.21. The number of unbranched alkanes of at least 4 members (excludes halogenated alkanes) is 1. The number of hydrogen-bond acceptors (Lipinski definition) is 5. The molecular weight excluding hydrogens is 355 g/mol. The molecule has 146 valence electrons. The SMILES string of the molecule is CCCCOc1ccc(B(O)O)c2cc(-c3ccc(OC)cc3)c(OC)cc12. The Morgan fingerprint density at radius 3 is 2.21 bits per heavy atom. The average Bonchev–Trinajstić information content (AvgIpc) is 2.72. The van der Waals surface area contributed by atoms with Crippen molar-refractivity contribution in [3.63, 3.8) is 0 Å². The van der Waals surface area contributed by atoms with Crippen LogP contribution in [0.1, 0.15) is 19.8 Å². The van der Waals surface area contributed by atoms with Crippen molar-refractivity contribution in [1.29, 1.82) is 0 Å². The van der Waals surface area contributed by atoms with Crippen molar-refractivity contribution in [2.45, 2.75) is 19.8 Å². The second-order valence-electron chi connectivity index (χ2n) is 6.56. The average molecular weight is 380 g/mol. The fourth-order valence-electron chi connectivity index (χ4n) is 3.21. The highest BCUT2D eigenvalue weighted by Crippen LogP contribution is 2.37. The van der Waals surface area contributed by atoms with Gasteiger partial charge >= 0.3 is 7.12 Å². The van der Waals surface area contributed by atoms with Crippen molar-refractivity contribution < 1.29 is 24.3 Å². The van der Waals surface area contributed by atoms with Crippen LogP contribution in [0.3, 0.4) is 0 Å². The summed E-state index contributed by atoms with van der Waals surface area (Å²) >= 11 is 0. The lowest BCUT2D eigenvalue weighted by molar-refractivity contribution is 0.313. The Labute approximate surface area is 165 Å². The molecule has 0 fully saturated rings. The normalized spacial score (nSPS) is 10.8. The Morgan fingerprint density at radius 2 is 1.61 bits per heavy atom. The second-order valence-corrected chi connectivity index (χ2v) is 6.56. The van der Waals surface area contributed by atoms with E-state index < -0.39 is 7.12 Å². The Bertz CT molecular complexity index is 938. The zero-order chi connectivity index (χ0) is 20.1. The van der Waals surface area contributed by atoms with E-state index in [1.165, 1.54) is 0 Å². The van der Waals surface area contributed by atoms with Gasteiger partial charge in [0.15, 0.2) is 0 Å². The van der Waals surface area contributed by atoms with E-state index in [9.17, 15) is 10.0 Å². The predicted octanol–water partition coefficient (Wildman–Crippen LogP) is 3.38. The summed E-state index contributed by atoms with van der Waals surface area (Å²) in [7, 11) is 1.67. The highest BCUT2D eigenvalue weighted by atomic mass is 16.5. The van der Waals surface area contributed by atoms with Gasteiger partial charge in [0.05, 0.1) is 20.8 Å². The molecule has 0 heterocycles. The quantitative estimate of drug-likeness (QED) is 0.463. The van der Waals surface area contributed by atoms with E-state index in [0.29, 0.717) is 23.6 Å². The van der Waals surface area contributed by atoms with Gasteiger partial charge < -0.3 is 24.3 Å². The van der Waals surface area contributed by atoms with E-state index in [1.54, 1.807) is 26.4 Å². The molecule has 0 unspecified atom stereocenters. The molecule has 0 aliphatic carbocycles. The zero-order valence-electron chi connectivity index (χ0n) is 16.4. The Hall–Kier alpha value is -2.70. The molecule has 0 aliphatic heterocycles. The third-order valence-corrected chi connectivity index (χ3v) is 4.77. The molecule has 6 heteroatoms. The standard InChI is InChI=1S/C22H25BO5/c1-4-5-12-28-21-11-10-20(23(24)25)18-13-17(22(27-3)14-19(18)21)15-6-8-16(26-2)9-7-15/h6-11,13-14,24-25H,4-5,12H2,1-3H3. The predicted molar refractivity (Wildman–Crippen MR) is 113 cm³/mol. The van der Waals surface area contributed by atoms with Gasteiger partial charge in [-0.15, -0.1) is 0 Å². The van der Waals surface area contributed by atoms with E-state index in [1.807, 2.05) is 36.4 Å². The van der Waals surface area contributed by atoms with Crippen molar-refractivity contribution in [2.75, 3.05) is 20.8 Å². The number of benzene rings is 3. The molecule has 0 aliphatic rings. The van der Waals surface area contributed by atoms with E-state index in [2.05, 4.69) is 6.92 Å². The van der Waals surface area contributed by atoms with Crippen molar-refractivity contribution in [3.8, 4) is 28.4 Å². The highest BCUT2D eigenvalue weighted by Gasteiger charge is 2.20. The number of hydrogen-bond donors (Lipinski definition) is 2. The van der Waals surface area contributed by atoms with Gasteiger partial charge in [-0.1, -0.05) is 31.5 Å². The lowest BCUT2D eigenvalue weighted by Crippen LogP contribution is -2.30. The molecule has 0 saturated carbocycles. The van der Waals surface area contributed by atoms with E-state index >= 15 is 0 Å². The summed E-state index contributed by atoms with van der Waals surface area (Å²) < 4.78 is 16.8. The van der Waals surface area contributed by atoms with Crippen molar-refractivity contribution >= 4 is 23.4 Å². The number of ether oxygens (including phenoxy) is 3. The summed E-state index contributed by atoms with van der Waals surface area (Å²) in [6.45, 7) is 2.71. The largest absolute Gasteiger partial charge is 0.497 e. The van der Waals surface area contributed by atoms with Gasteiger partial charge in [0.1, 0.15) is 17.2 Å². The van der Waals surface area contributed by atoms with Crippen LogP contribution in [0.25, 0.3) is 21.9 Å². The van der Waals surface area contributed by atoms with Crippen LogP contribution in [-0.4, -0.2) is 38.0 Å². The third-order valence-electron chi connectivity index (χ3n) is 4.77. The summed E-state index contributed by atoms with van der Waals surface area (Å²) in [6.07, 6.45) is 1.99. The van der Waals surface area contributed by atoms with Crippen molar-refractivity contribution in [3.05, 3.63) is 48.5 Å². The molecule has 3 aromatic rings. The summed E-state index contributed by atoms with van der Waals surface area (Å²) in [5.41, 5.74) is 2.22. The lowest BCUT2D eigenvalue weighted by Gasteiger charge is -2.16. The fraction of sp³-hybridized carbons (Fsp3) is 0.273. The first-order valence-electron chi connectivity index (χ1n) is 9.37. The van der Waals surface area contributed by atoms with Gasteiger partial charge in [0, 0.05) is 10.9 Å². The second kappa shape index (κ2) is 9.00. The molecule has 0 spiro atoms. The first-order valence-corrected chi connectivity index (χ1v) is 9.37. The van der Waals surface area contributed by atoms with Gasteiger partial charge in [0.25, 0.3) is 0 Å². The smallest absolute Gasteiger partial charge is 0.489 e. The molecule has 0 saturated heterocycles. The maximum absolute atomic E-state index is 9.85. The first-order chi connectivity index (χ1) is 13.6. The van der Waals surface area contributed by atoms with Crippen LogP contribution in [0.2, 0.25) is 0 Å². The van der Waals surface area contributed by atoms with Crippen LogP contribution in [0, 0.1) is 0 Å². The molecule has 0 aromatic heterocycles. The van der Waals surface area contributed by atoms with Crippen LogP contribution >= 0.6 is 0 Å². The number of fused-ring (bicyclic) bond motifs is 1. The molecule has 28 heavy (non-hydrogen) atoms. The molecule has 0 bridgehead atoms. The molecular formula is C22H25BO5. The van der Waals surface area contributed by atoms with Crippen LogP contribution in [-0.2, 0) is 0 Å². The number of rotatable bonds is 8. The zero-order valence-corrected chi connectivity index (χ0v) is 16.4. The van der Waals surface area contributed by atoms with Gasteiger partial charge in [-0.3, -0.25) is 0 Å². The molecule has 0 amide bonds. The first kappa shape index (κ1) is 20.0. The molecule has 2 N–H and O–H groups in total. The maximum atomic E-state index is 9.85. The summed E-state index contributed by atoms with van der Waals surface area (Å²) in [6, 6.07) is 14.9. The lowest BCUT2D eigenvalue weighted by atomic mass is 9.76. The van der Waals surface area contributed by atoms with Crippen LogP contribution in [0.4, 0.5) is 0 Å². The van der Waals surface area contributed by atoms with Gasteiger partial charge in [-0.2, -0.15) is 0 Å². The maximum Gasteiger partial charge on any atom is 0.489 e. The molecule has 3 rings (SSSR count). The summed E-state index contributed by atoms with van der Waals surface area (Å²) in [4.78, 5) is 0. The minimum Gasteiger partial charge on any atom is -0.497 e. The van der Waals surface area contributed by atoms with Crippen molar-refractivity contribution in [2.24, 2.45) is 0 Å².